The lowest BCUT2D eigenvalue weighted by Gasteiger charge is -2.37. The molecule has 1 aromatic carbocycles. The average molecular weight is 399 g/mol. The number of rotatable bonds is 5. The standard InChI is InChI=1S/C21H23ClN4O2/c22-16-4-6-18(7-5-16)26-20(27)15-19(21(26)28)25-13-11-24(12-14-25)10-8-17-3-1-2-9-23-17/h1-7,9,19H,8,10-15H2/t19-/m0/s1. The molecule has 2 aliphatic rings. The van der Waals surface area contributed by atoms with Crippen LogP contribution in [0.3, 0.4) is 0 Å². The van der Waals surface area contributed by atoms with E-state index in [1.165, 1.54) is 4.90 Å². The molecule has 6 nitrogen and oxygen atoms in total. The Morgan fingerprint density at radius 3 is 2.43 bits per heavy atom. The lowest BCUT2D eigenvalue weighted by Crippen LogP contribution is -2.52. The topological polar surface area (TPSA) is 56.8 Å². The summed E-state index contributed by atoms with van der Waals surface area (Å²) < 4.78 is 0. The lowest BCUT2D eigenvalue weighted by molar-refractivity contribution is -0.123. The van der Waals surface area contributed by atoms with Crippen LogP contribution in [0.25, 0.3) is 0 Å². The number of hydrogen-bond acceptors (Lipinski definition) is 5. The number of carbonyl (C=O) groups excluding carboxylic acids is 2. The lowest BCUT2D eigenvalue weighted by atomic mass is 10.1. The molecule has 2 aromatic rings. The number of aromatic nitrogens is 1. The number of hydrogen-bond donors (Lipinski definition) is 0. The summed E-state index contributed by atoms with van der Waals surface area (Å²) in [6.45, 7) is 4.33. The van der Waals surface area contributed by atoms with Gasteiger partial charge in [0.25, 0.3) is 5.91 Å². The minimum atomic E-state index is -0.360. The van der Waals surface area contributed by atoms with Gasteiger partial charge in [-0.2, -0.15) is 0 Å². The van der Waals surface area contributed by atoms with Crippen LogP contribution in [-0.4, -0.2) is 65.4 Å². The molecule has 4 rings (SSSR count). The first kappa shape index (κ1) is 19.1. The third kappa shape index (κ3) is 4.09. The van der Waals surface area contributed by atoms with Crippen LogP contribution < -0.4 is 4.90 Å². The van der Waals surface area contributed by atoms with Gasteiger partial charge < -0.3 is 4.90 Å². The molecule has 2 amide bonds. The molecule has 2 saturated heterocycles. The first-order chi connectivity index (χ1) is 13.6. The monoisotopic (exact) mass is 398 g/mol. The summed E-state index contributed by atoms with van der Waals surface area (Å²) >= 11 is 5.91. The summed E-state index contributed by atoms with van der Waals surface area (Å²) in [5.41, 5.74) is 1.69. The van der Waals surface area contributed by atoms with E-state index in [0.717, 1.165) is 44.8 Å². The van der Waals surface area contributed by atoms with E-state index in [4.69, 9.17) is 11.6 Å². The van der Waals surface area contributed by atoms with Gasteiger partial charge >= 0.3 is 0 Å². The SMILES string of the molecule is O=C1C[C@H](N2CCN(CCc3ccccn3)CC2)C(=O)N1c1ccc(Cl)cc1. The van der Waals surface area contributed by atoms with Crippen LogP contribution in [0.2, 0.25) is 5.02 Å². The van der Waals surface area contributed by atoms with Crippen molar-refractivity contribution in [3.8, 4) is 0 Å². The largest absolute Gasteiger partial charge is 0.300 e. The maximum absolute atomic E-state index is 12.9. The number of imide groups is 1. The van der Waals surface area contributed by atoms with Crippen LogP contribution >= 0.6 is 11.6 Å². The maximum Gasteiger partial charge on any atom is 0.251 e. The number of anilines is 1. The molecule has 0 saturated carbocycles. The number of pyridine rings is 1. The van der Waals surface area contributed by atoms with Gasteiger partial charge in [-0.25, -0.2) is 4.90 Å². The number of nitrogens with zero attached hydrogens (tertiary/aromatic N) is 4. The fourth-order valence-electron chi connectivity index (χ4n) is 3.88. The minimum absolute atomic E-state index is 0.130. The summed E-state index contributed by atoms with van der Waals surface area (Å²) in [5, 5.41) is 0.584. The van der Waals surface area contributed by atoms with Crippen molar-refractivity contribution in [2.75, 3.05) is 37.6 Å². The molecular formula is C21H23ClN4O2. The highest BCUT2D eigenvalue weighted by molar-refractivity contribution is 6.30. The molecule has 1 aromatic heterocycles. The van der Waals surface area contributed by atoms with Gasteiger partial charge in [-0.05, 0) is 36.4 Å². The Labute approximate surface area is 169 Å². The molecule has 0 bridgehead atoms. The van der Waals surface area contributed by atoms with E-state index in [1.807, 2.05) is 24.4 Å². The van der Waals surface area contributed by atoms with Gasteiger partial charge in [-0.15, -0.1) is 0 Å². The Bertz CT molecular complexity index is 835. The zero-order valence-electron chi connectivity index (χ0n) is 15.6. The summed E-state index contributed by atoms with van der Waals surface area (Å²) in [5.74, 6) is -0.274. The second-order valence-corrected chi connectivity index (χ2v) is 7.65. The van der Waals surface area contributed by atoms with Crippen LogP contribution in [0, 0.1) is 0 Å². The van der Waals surface area contributed by atoms with Gasteiger partial charge in [-0.1, -0.05) is 17.7 Å². The van der Waals surface area contributed by atoms with Crippen molar-refractivity contribution in [2.24, 2.45) is 0 Å². The molecule has 0 N–H and O–H groups in total. The van der Waals surface area contributed by atoms with Gasteiger partial charge in [0.2, 0.25) is 5.91 Å². The van der Waals surface area contributed by atoms with Crippen LogP contribution in [-0.2, 0) is 16.0 Å². The van der Waals surface area contributed by atoms with Crippen LogP contribution in [0.15, 0.2) is 48.7 Å². The number of carbonyl (C=O) groups is 2. The highest BCUT2D eigenvalue weighted by atomic mass is 35.5. The molecule has 28 heavy (non-hydrogen) atoms. The van der Waals surface area contributed by atoms with E-state index < -0.39 is 0 Å². The van der Waals surface area contributed by atoms with Gasteiger partial charge in [0.05, 0.1) is 18.2 Å². The maximum atomic E-state index is 12.9. The predicted molar refractivity (Wildman–Crippen MR) is 108 cm³/mol. The third-order valence-corrected chi connectivity index (χ3v) is 5.72. The first-order valence-electron chi connectivity index (χ1n) is 9.60. The molecular weight excluding hydrogens is 376 g/mol. The number of amides is 2. The molecule has 0 spiro atoms. The van der Waals surface area contributed by atoms with Crippen molar-refractivity contribution in [3.63, 3.8) is 0 Å². The van der Waals surface area contributed by atoms with E-state index >= 15 is 0 Å². The summed E-state index contributed by atoms with van der Waals surface area (Å²) in [6, 6.07) is 12.5. The second kappa shape index (κ2) is 8.39. The Balaban J connectivity index is 1.32. The Hall–Kier alpha value is -2.28. The van der Waals surface area contributed by atoms with Gasteiger partial charge in [0.1, 0.15) is 0 Å². The van der Waals surface area contributed by atoms with Crippen molar-refractivity contribution in [2.45, 2.75) is 18.9 Å². The van der Waals surface area contributed by atoms with E-state index in [-0.39, 0.29) is 24.3 Å². The molecule has 2 aliphatic heterocycles. The number of piperazine rings is 1. The highest BCUT2D eigenvalue weighted by Crippen LogP contribution is 2.27. The minimum Gasteiger partial charge on any atom is -0.300 e. The van der Waals surface area contributed by atoms with Gasteiger partial charge in [-0.3, -0.25) is 19.5 Å². The van der Waals surface area contributed by atoms with Crippen molar-refractivity contribution in [3.05, 3.63) is 59.4 Å². The molecule has 3 heterocycles. The van der Waals surface area contributed by atoms with E-state index in [2.05, 4.69) is 14.8 Å². The zero-order valence-corrected chi connectivity index (χ0v) is 16.4. The van der Waals surface area contributed by atoms with Crippen molar-refractivity contribution in [1.82, 2.24) is 14.8 Å². The van der Waals surface area contributed by atoms with Crippen molar-refractivity contribution >= 4 is 29.1 Å². The first-order valence-corrected chi connectivity index (χ1v) is 9.98. The second-order valence-electron chi connectivity index (χ2n) is 7.21. The molecule has 7 heteroatoms. The van der Waals surface area contributed by atoms with Gasteiger partial charge in [0, 0.05) is 56.1 Å². The normalized spacial score (nSPS) is 21.5. The predicted octanol–water partition coefficient (Wildman–Crippen LogP) is 2.23. The molecule has 0 unspecified atom stereocenters. The van der Waals surface area contributed by atoms with Crippen molar-refractivity contribution in [1.29, 1.82) is 0 Å². The number of halogens is 1. The molecule has 2 fully saturated rings. The third-order valence-electron chi connectivity index (χ3n) is 5.47. The molecule has 146 valence electrons. The molecule has 0 aliphatic carbocycles. The van der Waals surface area contributed by atoms with Crippen molar-refractivity contribution < 1.29 is 9.59 Å². The van der Waals surface area contributed by atoms with Crippen LogP contribution in [0.5, 0.6) is 0 Å². The van der Waals surface area contributed by atoms with E-state index in [9.17, 15) is 9.59 Å². The van der Waals surface area contributed by atoms with E-state index in [1.54, 1.807) is 24.3 Å². The fraction of sp³-hybridized carbons (Fsp3) is 0.381. The highest BCUT2D eigenvalue weighted by Gasteiger charge is 2.43. The quantitative estimate of drug-likeness (QED) is 0.723. The van der Waals surface area contributed by atoms with Crippen LogP contribution in [0.4, 0.5) is 5.69 Å². The fourth-order valence-corrected chi connectivity index (χ4v) is 4.01. The average Bonchev–Trinajstić information content (AvgIpc) is 3.02. The van der Waals surface area contributed by atoms with Crippen LogP contribution in [0.1, 0.15) is 12.1 Å². The Kier molecular flexibility index (Phi) is 5.71. The summed E-state index contributed by atoms with van der Waals surface area (Å²) in [6.07, 6.45) is 2.99. The Morgan fingerprint density at radius 1 is 1.00 bits per heavy atom. The Morgan fingerprint density at radius 2 is 1.75 bits per heavy atom. The summed E-state index contributed by atoms with van der Waals surface area (Å²) in [7, 11) is 0. The molecule has 0 radical (unpaired) electrons. The zero-order chi connectivity index (χ0) is 19.5. The molecule has 1 atom stereocenters. The summed E-state index contributed by atoms with van der Waals surface area (Å²) in [4.78, 5) is 35.6. The smallest absolute Gasteiger partial charge is 0.251 e. The van der Waals surface area contributed by atoms with Gasteiger partial charge in [0.15, 0.2) is 0 Å². The van der Waals surface area contributed by atoms with E-state index in [0.29, 0.717) is 10.7 Å². The number of benzene rings is 1.